The fraction of sp³-hybridized carbons (Fsp3) is 0.0400. The number of nitriles is 1. The Labute approximate surface area is 192 Å². The Morgan fingerprint density at radius 1 is 0.971 bits per heavy atom. The monoisotopic (exact) mass is 456 g/mol. The molecule has 1 heterocycles. The number of rotatable bonds is 6. The van der Waals surface area contributed by atoms with Crippen LogP contribution in [0.15, 0.2) is 66.7 Å². The highest BCUT2D eigenvalue weighted by Crippen LogP contribution is 2.25. The number of carboxylic acid groups (broad SMARTS) is 1. The van der Waals surface area contributed by atoms with E-state index in [0.29, 0.717) is 22.2 Å². The van der Waals surface area contributed by atoms with Gasteiger partial charge in [-0.15, -0.1) is 0 Å². The molecule has 0 spiro atoms. The van der Waals surface area contributed by atoms with Gasteiger partial charge in [0.1, 0.15) is 11.5 Å². The third-order valence-corrected chi connectivity index (χ3v) is 5.06. The van der Waals surface area contributed by atoms with Crippen LogP contribution in [-0.2, 0) is 11.2 Å². The van der Waals surface area contributed by atoms with Gasteiger partial charge in [0.05, 0.1) is 40.5 Å². The first kappa shape index (κ1) is 22.2. The molecule has 0 saturated heterocycles. The van der Waals surface area contributed by atoms with Crippen LogP contribution in [-0.4, -0.2) is 27.9 Å². The van der Waals surface area contributed by atoms with Gasteiger partial charge in [-0.1, -0.05) is 24.3 Å². The second kappa shape index (κ2) is 9.26. The number of aromatic amines is 1. The van der Waals surface area contributed by atoms with Crippen LogP contribution in [0.25, 0.3) is 10.9 Å². The van der Waals surface area contributed by atoms with Gasteiger partial charge in [0.25, 0.3) is 5.91 Å². The number of hydrogen-bond acceptors (Lipinski definition) is 4. The molecule has 4 aromatic rings. The molecule has 1 aromatic heterocycles. The minimum absolute atomic E-state index is 0.0289. The Morgan fingerprint density at radius 3 is 2.50 bits per heavy atom. The van der Waals surface area contributed by atoms with Gasteiger partial charge in [-0.2, -0.15) is 5.26 Å². The average molecular weight is 456 g/mol. The number of fused-ring (bicyclic) bond motifs is 1. The number of H-pyrrole nitrogens is 1. The predicted molar refractivity (Wildman–Crippen MR) is 123 cm³/mol. The van der Waals surface area contributed by atoms with Crippen LogP contribution in [0, 0.1) is 17.1 Å². The minimum atomic E-state index is -1.28. The number of amides is 2. The van der Waals surface area contributed by atoms with Crippen molar-refractivity contribution in [1.82, 2.24) is 4.98 Å². The van der Waals surface area contributed by atoms with Gasteiger partial charge in [0, 0.05) is 5.39 Å². The van der Waals surface area contributed by atoms with Crippen molar-refractivity contribution < 1.29 is 23.9 Å². The van der Waals surface area contributed by atoms with E-state index in [1.807, 2.05) is 6.07 Å². The highest BCUT2D eigenvalue weighted by molar-refractivity contribution is 6.10. The zero-order chi connectivity index (χ0) is 24.2. The molecule has 0 atom stereocenters. The molecule has 0 radical (unpaired) electrons. The van der Waals surface area contributed by atoms with Gasteiger partial charge < -0.3 is 20.7 Å². The minimum Gasteiger partial charge on any atom is -0.478 e. The summed E-state index contributed by atoms with van der Waals surface area (Å²) in [6.45, 7) is 0. The fourth-order valence-corrected chi connectivity index (χ4v) is 3.50. The average Bonchev–Trinajstić information content (AvgIpc) is 3.25. The topological polar surface area (TPSA) is 135 Å². The summed E-state index contributed by atoms with van der Waals surface area (Å²) in [7, 11) is 0. The molecule has 34 heavy (non-hydrogen) atoms. The number of hydrogen-bond donors (Lipinski definition) is 4. The summed E-state index contributed by atoms with van der Waals surface area (Å²) in [5.74, 6) is -2.67. The molecule has 4 N–H and O–H groups in total. The van der Waals surface area contributed by atoms with Crippen LogP contribution in [0.2, 0.25) is 0 Å². The molecule has 168 valence electrons. The molecule has 2 amide bonds. The fourth-order valence-electron chi connectivity index (χ4n) is 3.50. The molecule has 0 aliphatic carbocycles. The van der Waals surface area contributed by atoms with Crippen molar-refractivity contribution in [3.05, 3.63) is 94.9 Å². The number of anilines is 2. The second-order valence-corrected chi connectivity index (χ2v) is 7.44. The van der Waals surface area contributed by atoms with Crippen molar-refractivity contribution in [2.24, 2.45) is 0 Å². The van der Waals surface area contributed by atoms with Crippen molar-refractivity contribution in [3.8, 4) is 6.07 Å². The zero-order valence-corrected chi connectivity index (χ0v) is 17.6. The maximum atomic E-state index is 13.4. The van der Waals surface area contributed by atoms with Crippen molar-refractivity contribution in [3.63, 3.8) is 0 Å². The van der Waals surface area contributed by atoms with Gasteiger partial charge in [-0.05, 0) is 48.0 Å². The van der Waals surface area contributed by atoms with Crippen LogP contribution >= 0.6 is 0 Å². The van der Waals surface area contributed by atoms with E-state index < -0.39 is 17.7 Å². The lowest BCUT2D eigenvalue weighted by atomic mass is 10.1. The molecule has 0 saturated carbocycles. The summed E-state index contributed by atoms with van der Waals surface area (Å²) < 4.78 is 13.4. The number of benzene rings is 3. The number of carbonyl (C=O) groups excluding carboxylic acids is 2. The number of para-hydroxylation sites is 1. The molecular weight excluding hydrogens is 439 g/mol. The summed E-state index contributed by atoms with van der Waals surface area (Å²) >= 11 is 0. The standard InChI is InChI=1S/C25H17FN4O4/c26-17-5-1-3-14(9-17)11-22(31)28-20-6-2-4-16-12-21(29-23(16)20)24(32)30-19-8-7-15(13-27)10-18(19)25(33)34/h1-10,12,29H,11H2,(H,28,31)(H,30,32)(H,33,34). The third-order valence-electron chi connectivity index (χ3n) is 5.06. The van der Waals surface area contributed by atoms with Crippen LogP contribution < -0.4 is 10.6 Å². The molecule has 8 nitrogen and oxygen atoms in total. The lowest BCUT2D eigenvalue weighted by molar-refractivity contribution is -0.115. The number of aromatic carboxylic acids is 1. The summed E-state index contributed by atoms with van der Waals surface area (Å²) in [5.41, 5.74) is 1.57. The Hall–Kier alpha value is -4.97. The van der Waals surface area contributed by atoms with Gasteiger partial charge >= 0.3 is 5.97 Å². The molecule has 0 aliphatic rings. The Balaban J connectivity index is 1.56. The van der Waals surface area contributed by atoms with Crippen molar-refractivity contribution in [2.75, 3.05) is 10.6 Å². The van der Waals surface area contributed by atoms with Crippen LogP contribution in [0.3, 0.4) is 0 Å². The molecule has 3 aromatic carbocycles. The first-order chi connectivity index (χ1) is 16.3. The van der Waals surface area contributed by atoms with E-state index in [1.165, 1.54) is 36.4 Å². The highest BCUT2D eigenvalue weighted by atomic mass is 19.1. The molecular formula is C25H17FN4O4. The van der Waals surface area contributed by atoms with Crippen molar-refractivity contribution >= 4 is 40.1 Å². The van der Waals surface area contributed by atoms with Gasteiger partial charge in [0.2, 0.25) is 5.91 Å². The Kier molecular flexibility index (Phi) is 6.05. The molecule has 0 fully saturated rings. The molecule has 0 bridgehead atoms. The third kappa shape index (κ3) is 4.76. The number of nitrogens with one attached hydrogen (secondary N) is 3. The number of carboxylic acids is 1. The van der Waals surface area contributed by atoms with Crippen molar-refractivity contribution in [1.29, 1.82) is 5.26 Å². The van der Waals surface area contributed by atoms with Crippen molar-refractivity contribution in [2.45, 2.75) is 6.42 Å². The quantitative estimate of drug-likeness (QED) is 0.343. The lowest BCUT2D eigenvalue weighted by Gasteiger charge is -2.08. The number of carbonyl (C=O) groups is 3. The largest absolute Gasteiger partial charge is 0.478 e. The van der Waals surface area contributed by atoms with E-state index in [1.54, 1.807) is 30.3 Å². The summed E-state index contributed by atoms with van der Waals surface area (Å²) in [6, 6.07) is 18.2. The number of aromatic nitrogens is 1. The van der Waals surface area contributed by atoms with Gasteiger partial charge in [-0.25, -0.2) is 9.18 Å². The summed E-state index contributed by atoms with van der Waals surface area (Å²) in [4.78, 5) is 39.7. The van der Waals surface area contributed by atoms with Crippen LogP contribution in [0.1, 0.15) is 32.0 Å². The molecule has 0 aliphatic heterocycles. The first-order valence-electron chi connectivity index (χ1n) is 10.1. The van der Waals surface area contributed by atoms with E-state index in [2.05, 4.69) is 15.6 Å². The van der Waals surface area contributed by atoms with Crippen LogP contribution in [0.5, 0.6) is 0 Å². The van der Waals surface area contributed by atoms with E-state index in [-0.39, 0.29) is 34.8 Å². The van der Waals surface area contributed by atoms with E-state index in [0.717, 1.165) is 0 Å². The predicted octanol–water partition coefficient (Wildman–Crippen LogP) is 4.31. The normalized spacial score (nSPS) is 10.5. The van der Waals surface area contributed by atoms with E-state index in [4.69, 9.17) is 5.26 Å². The van der Waals surface area contributed by atoms with Gasteiger partial charge in [-0.3, -0.25) is 9.59 Å². The van der Waals surface area contributed by atoms with Crippen LogP contribution in [0.4, 0.5) is 15.8 Å². The van der Waals surface area contributed by atoms with Gasteiger partial charge in [0.15, 0.2) is 0 Å². The summed E-state index contributed by atoms with van der Waals surface area (Å²) in [5, 5.41) is 24.3. The molecule has 9 heteroatoms. The maximum absolute atomic E-state index is 13.4. The SMILES string of the molecule is N#Cc1ccc(NC(=O)c2cc3cccc(NC(=O)Cc4cccc(F)c4)c3[nH]2)c(C(=O)O)c1. The van der Waals surface area contributed by atoms with E-state index >= 15 is 0 Å². The zero-order valence-electron chi connectivity index (χ0n) is 17.6. The highest BCUT2D eigenvalue weighted by Gasteiger charge is 2.17. The smallest absolute Gasteiger partial charge is 0.337 e. The summed E-state index contributed by atoms with van der Waals surface area (Å²) in [6.07, 6.45) is -0.0289. The Morgan fingerprint density at radius 2 is 1.76 bits per heavy atom. The number of halogens is 1. The molecule has 0 unspecified atom stereocenters. The lowest BCUT2D eigenvalue weighted by Crippen LogP contribution is -2.16. The van der Waals surface area contributed by atoms with E-state index in [9.17, 15) is 23.9 Å². The second-order valence-electron chi connectivity index (χ2n) is 7.44. The number of nitrogens with zero attached hydrogens (tertiary/aromatic N) is 1. The molecule has 4 rings (SSSR count). The Bertz CT molecular complexity index is 1490. The maximum Gasteiger partial charge on any atom is 0.337 e. The first-order valence-corrected chi connectivity index (χ1v) is 10.1.